The van der Waals surface area contributed by atoms with E-state index in [1.807, 2.05) is 30.3 Å². The van der Waals surface area contributed by atoms with E-state index in [1.54, 1.807) is 31.2 Å². The number of hydrogen-bond acceptors (Lipinski definition) is 3. The van der Waals surface area contributed by atoms with Gasteiger partial charge in [-0.2, -0.15) is 0 Å². The number of para-hydroxylation sites is 1. The number of hydrogen-bond donors (Lipinski definition) is 1. The van der Waals surface area contributed by atoms with Crippen molar-refractivity contribution in [3.8, 4) is 0 Å². The minimum atomic E-state index is -0.972. The molecule has 3 atom stereocenters. The van der Waals surface area contributed by atoms with Crippen molar-refractivity contribution in [2.24, 2.45) is 10.9 Å². The first-order valence-electron chi connectivity index (χ1n) is 11.7. The SMILES string of the molecule is CC1=NC2=C(C(=O)C[C@H](c3ccccc3)C2)[C@H](c2ccccc2Cl)C1C(=O)Nc1c(F)cccc1F. The van der Waals surface area contributed by atoms with E-state index in [9.17, 15) is 18.4 Å². The number of carbonyl (C=O) groups is 2. The predicted molar refractivity (Wildman–Crippen MR) is 136 cm³/mol. The number of halogens is 3. The van der Waals surface area contributed by atoms with Crippen molar-refractivity contribution in [1.82, 2.24) is 0 Å². The second kappa shape index (κ2) is 9.78. The molecule has 1 unspecified atom stereocenters. The Morgan fingerprint density at radius 3 is 2.31 bits per heavy atom. The van der Waals surface area contributed by atoms with Gasteiger partial charge in [0.2, 0.25) is 5.91 Å². The van der Waals surface area contributed by atoms with Gasteiger partial charge in [-0.15, -0.1) is 0 Å². The van der Waals surface area contributed by atoms with Gasteiger partial charge in [0, 0.05) is 34.3 Å². The Hall–Kier alpha value is -3.64. The van der Waals surface area contributed by atoms with E-state index in [-0.39, 0.29) is 18.1 Å². The number of Topliss-reactive ketones (excluding diaryl/α,β-unsaturated/α-hetero) is 1. The normalized spacial score (nSPS) is 21.6. The van der Waals surface area contributed by atoms with Crippen molar-refractivity contribution in [1.29, 1.82) is 0 Å². The van der Waals surface area contributed by atoms with Crippen LogP contribution in [0.1, 0.15) is 42.7 Å². The molecule has 0 fully saturated rings. The van der Waals surface area contributed by atoms with Crippen LogP contribution in [0.15, 0.2) is 89.1 Å². The van der Waals surface area contributed by atoms with Crippen molar-refractivity contribution < 1.29 is 18.4 Å². The molecule has 1 amide bonds. The molecule has 3 aromatic carbocycles. The molecule has 2 aliphatic rings. The number of ketones is 1. The summed E-state index contributed by atoms with van der Waals surface area (Å²) in [6.45, 7) is 1.70. The van der Waals surface area contributed by atoms with Crippen LogP contribution >= 0.6 is 11.6 Å². The molecule has 0 aromatic heterocycles. The fraction of sp³-hybridized carbons (Fsp3) is 0.207. The van der Waals surface area contributed by atoms with E-state index in [4.69, 9.17) is 16.6 Å². The smallest absolute Gasteiger partial charge is 0.234 e. The maximum Gasteiger partial charge on any atom is 0.234 e. The summed E-state index contributed by atoms with van der Waals surface area (Å²) >= 11 is 6.56. The maximum atomic E-state index is 14.3. The topological polar surface area (TPSA) is 58.5 Å². The number of nitrogens with zero attached hydrogens (tertiary/aromatic N) is 1. The molecular formula is C29H23ClF2N2O2. The van der Waals surface area contributed by atoms with Crippen molar-refractivity contribution >= 4 is 34.7 Å². The minimum Gasteiger partial charge on any atom is -0.321 e. The van der Waals surface area contributed by atoms with Crippen LogP contribution in [-0.2, 0) is 9.59 Å². The Morgan fingerprint density at radius 1 is 0.944 bits per heavy atom. The van der Waals surface area contributed by atoms with Crippen molar-refractivity contribution in [3.63, 3.8) is 0 Å². The van der Waals surface area contributed by atoms with Crippen molar-refractivity contribution in [3.05, 3.63) is 112 Å². The zero-order chi connectivity index (χ0) is 25.4. The van der Waals surface area contributed by atoms with Crippen LogP contribution in [-0.4, -0.2) is 17.4 Å². The molecule has 7 heteroatoms. The van der Waals surface area contributed by atoms with Gasteiger partial charge in [-0.05, 0) is 48.6 Å². The van der Waals surface area contributed by atoms with E-state index < -0.39 is 35.1 Å². The summed E-state index contributed by atoms with van der Waals surface area (Å²) in [4.78, 5) is 31.9. The first-order valence-corrected chi connectivity index (χ1v) is 12.1. The lowest BCUT2D eigenvalue weighted by atomic mass is 9.69. The van der Waals surface area contributed by atoms with E-state index in [1.165, 1.54) is 6.07 Å². The monoisotopic (exact) mass is 504 g/mol. The standard InChI is InChI=1S/C29H23ClF2N2O2/c1-16-25(29(36)34-28-21(31)12-7-13-22(28)32)26(19-10-5-6-11-20(19)30)27-23(33-16)14-18(15-24(27)35)17-8-3-2-4-9-17/h2-13,18,25-26H,14-15H2,1H3,(H,34,36)/t18-,25?,26-/m1/s1. The number of amides is 1. The van der Waals surface area contributed by atoms with Crippen LogP contribution in [0.3, 0.4) is 0 Å². The number of aliphatic imine (C=N–C) groups is 1. The van der Waals surface area contributed by atoms with Gasteiger partial charge in [-0.25, -0.2) is 8.78 Å². The largest absolute Gasteiger partial charge is 0.321 e. The van der Waals surface area contributed by atoms with Crippen LogP contribution in [0.25, 0.3) is 0 Å². The molecule has 36 heavy (non-hydrogen) atoms. The molecular weight excluding hydrogens is 482 g/mol. The van der Waals surface area contributed by atoms with Gasteiger partial charge < -0.3 is 5.32 Å². The van der Waals surface area contributed by atoms with Gasteiger partial charge in [0.25, 0.3) is 0 Å². The van der Waals surface area contributed by atoms with Crippen LogP contribution in [0.2, 0.25) is 5.02 Å². The fourth-order valence-electron chi connectivity index (χ4n) is 5.24. The van der Waals surface area contributed by atoms with Gasteiger partial charge >= 0.3 is 0 Å². The number of carbonyl (C=O) groups excluding carboxylic acids is 2. The Balaban J connectivity index is 1.59. The maximum absolute atomic E-state index is 14.3. The average molecular weight is 505 g/mol. The molecule has 0 saturated carbocycles. The zero-order valence-electron chi connectivity index (χ0n) is 19.5. The van der Waals surface area contributed by atoms with E-state index >= 15 is 0 Å². The van der Waals surface area contributed by atoms with E-state index in [0.29, 0.717) is 34.0 Å². The number of nitrogens with one attached hydrogen (secondary N) is 1. The molecule has 1 aliphatic heterocycles. The predicted octanol–water partition coefficient (Wildman–Crippen LogP) is 6.83. The molecule has 3 aromatic rings. The highest BCUT2D eigenvalue weighted by atomic mass is 35.5. The van der Waals surface area contributed by atoms with Gasteiger partial charge in [0.05, 0.1) is 5.92 Å². The molecule has 0 spiro atoms. The molecule has 5 rings (SSSR count). The summed E-state index contributed by atoms with van der Waals surface area (Å²) in [7, 11) is 0. The zero-order valence-corrected chi connectivity index (χ0v) is 20.2. The Morgan fingerprint density at radius 2 is 1.61 bits per heavy atom. The summed E-state index contributed by atoms with van der Waals surface area (Å²) in [6.07, 6.45) is 0.814. The Labute approximate surface area is 212 Å². The highest BCUT2D eigenvalue weighted by molar-refractivity contribution is 6.31. The highest BCUT2D eigenvalue weighted by Crippen LogP contribution is 2.48. The van der Waals surface area contributed by atoms with Gasteiger partial charge in [-0.3, -0.25) is 14.6 Å². The van der Waals surface area contributed by atoms with Gasteiger partial charge in [0.15, 0.2) is 5.78 Å². The summed E-state index contributed by atoms with van der Waals surface area (Å²) in [5.41, 5.74) is 2.64. The Bertz CT molecular complexity index is 1400. The minimum absolute atomic E-state index is 0.0289. The molecule has 1 aliphatic carbocycles. The third kappa shape index (κ3) is 4.37. The molecule has 182 valence electrons. The average Bonchev–Trinajstić information content (AvgIpc) is 2.86. The molecule has 1 N–H and O–H groups in total. The second-order valence-corrected chi connectivity index (χ2v) is 9.52. The lowest BCUT2D eigenvalue weighted by Crippen LogP contribution is -2.40. The van der Waals surface area contributed by atoms with Crippen LogP contribution in [0.5, 0.6) is 0 Å². The lowest BCUT2D eigenvalue weighted by molar-refractivity contribution is -0.119. The first-order chi connectivity index (χ1) is 17.3. The van der Waals surface area contributed by atoms with Crippen molar-refractivity contribution in [2.75, 3.05) is 5.32 Å². The van der Waals surface area contributed by atoms with Crippen molar-refractivity contribution in [2.45, 2.75) is 31.6 Å². The molecule has 4 nitrogen and oxygen atoms in total. The first kappa shape index (κ1) is 24.1. The van der Waals surface area contributed by atoms with Gasteiger partial charge in [0.1, 0.15) is 17.3 Å². The van der Waals surface area contributed by atoms with Crippen LogP contribution in [0.4, 0.5) is 14.5 Å². The van der Waals surface area contributed by atoms with Gasteiger partial charge in [-0.1, -0.05) is 66.2 Å². The summed E-state index contributed by atoms with van der Waals surface area (Å²) in [6, 6.07) is 20.2. The van der Waals surface area contributed by atoms with Crippen LogP contribution in [0, 0.1) is 17.6 Å². The molecule has 0 saturated heterocycles. The van der Waals surface area contributed by atoms with E-state index in [2.05, 4.69) is 5.32 Å². The lowest BCUT2D eigenvalue weighted by Gasteiger charge is -2.37. The second-order valence-electron chi connectivity index (χ2n) is 9.12. The summed E-state index contributed by atoms with van der Waals surface area (Å²) in [5, 5.41) is 2.80. The highest BCUT2D eigenvalue weighted by Gasteiger charge is 2.44. The fourth-order valence-corrected chi connectivity index (χ4v) is 5.50. The summed E-state index contributed by atoms with van der Waals surface area (Å²) < 4.78 is 28.6. The third-order valence-corrected chi connectivity index (χ3v) is 7.24. The Kier molecular flexibility index (Phi) is 6.54. The molecule has 0 bridgehead atoms. The summed E-state index contributed by atoms with van der Waals surface area (Å²) in [5.74, 6) is -4.27. The molecule has 0 radical (unpaired) electrons. The number of allylic oxidation sites excluding steroid dienone is 2. The number of anilines is 1. The number of benzene rings is 3. The molecule has 1 heterocycles. The van der Waals surface area contributed by atoms with Crippen LogP contribution < -0.4 is 5.32 Å². The third-order valence-electron chi connectivity index (χ3n) is 6.89. The number of rotatable bonds is 4. The quantitative estimate of drug-likeness (QED) is 0.423. The van der Waals surface area contributed by atoms with E-state index in [0.717, 1.165) is 17.7 Å².